The second kappa shape index (κ2) is 9.35. The molecule has 0 bridgehead atoms. The van der Waals surface area contributed by atoms with Crippen LogP contribution < -0.4 is 14.9 Å². The van der Waals surface area contributed by atoms with Crippen molar-refractivity contribution in [3.63, 3.8) is 0 Å². The molecule has 24 heavy (non-hydrogen) atoms. The van der Waals surface area contributed by atoms with E-state index in [-0.39, 0.29) is 5.91 Å². The van der Waals surface area contributed by atoms with Gasteiger partial charge in [-0.15, -0.1) is 0 Å². The molecule has 0 spiro atoms. The molecule has 5 heteroatoms. The number of ether oxygens (including phenoxy) is 2. The third-order valence-electron chi connectivity index (χ3n) is 3.26. The third kappa shape index (κ3) is 5.43. The van der Waals surface area contributed by atoms with Crippen LogP contribution in [0.2, 0.25) is 0 Å². The van der Waals surface area contributed by atoms with Gasteiger partial charge in [-0.2, -0.15) is 5.10 Å². The van der Waals surface area contributed by atoms with Gasteiger partial charge in [0.1, 0.15) is 0 Å². The number of hydrogen-bond donors (Lipinski definition) is 1. The standard InChI is InChI=1S/C19H22N2O3/c1-3-11-24-17-10-9-16(12-18(17)23-2)14-20-21-19(22)13-15-7-5-4-6-8-15/h4-10,12,14H,3,11,13H2,1-2H3,(H,21,22)/b20-14-. The molecule has 5 nitrogen and oxygen atoms in total. The molecule has 0 aliphatic rings. The van der Waals surface area contributed by atoms with Crippen molar-refractivity contribution in [3.8, 4) is 11.5 Å². The number of nitrogens with zero attached hydrogens (tertiary/aromatic N) is 1. The highest BCUT2D eigenvalue weighted by molar-refractivity contribution is 5.84. The van der Waals surface area contributed by atoms with Gasteiger partial charge in [0.05, 0.1) is 26.4 Å². The largest absolute Gasteiger partial charge is 0.493 e. The molecule has 0 fully saturated rings. The fourth-order valence-corrected chi connectivity index (χ4v) is 2.10. The zero-order valence-electron chi connectivity index (χ0n) is 14.0. The Hall–Kier alpha value is -2.82. The molecule has 0 aromatic heterocycles. The maximum Gasteiger partial charge on any atom is 0.244 e. The second-order valence-corrected chi connectivity index (χ2v) is 5.21. The van der Waals surface area contributed by atoms with Crippen LogP contribution in [0, 0.1) is 0 Å². The fourth-order valence-electron chi connectivity index (χ4n) is 2.10. The first-order valence-electron chi connectivity index (χ1n) is 7.89. The average molecular weight is 326 g/mol. The van der Waals surface area contributed by atoms with E-state index in [2.05, 4.69) is 10.5 Å². The summed E-state index contributed by atoms with van der Waals surface area (Å²) in [5, 5.41) is 3.98. The number of methoxy groups -OCH3 is 1. The van der Waals surface area contributed by atoms with Crippen molar-refractivity contribution in [1.82, 2.24) is 5.43 Å². The molecular weight excluding hydrogens is 304 g/mol. The molecule has 0 unspecified atom stereocenters. The molecule has 2 aromatic rings. The highest BCUT2D eigenvalue weighted by Gasteiger charge is 2.05. The minimum absolute atomic E-state index is 0.160. The molecule has 0 saturated heterocycles. The van der Waals surface area contributed by atoms with Crippen LogP contribution in [0.4, 0.5) is 0 Å². The van der Waals surface area contributed by atoms with Gasteiger partial charge in [-0.3, -0.25) is 4.79 Å². The molecule has 0 atom stereocenters. The number of rotatable bonds is 8. The molecule has 0 saturated carbocycles. The van der Waals surface area contributed by atoms with Crippen molar-refractivity contribution < 1.29 is 14.3 Å². The van der Waals surface area contributed by atoms with Crippen molar-refractivity contribution in [1.29, 1.82) is 0 Å². The summed E-state index contributed by atoms with van der Waals surface area (Å²) in [6.45, 7) is 2.69. The van der Waals surface area contributed by atoms with E-state index in [1.54, 1.807) is 13.3 Å². The van der Waals surface area contributed by atoms with E-state index in [9.17, 15) is 4.79 Å². The minimum atomic E-state index is -0.160. The molecule has 1 N–H and O–H groups in total. The average Bonchev–Trinajstić information content (AvgIpc) is 2.61. The normalized spacial score (nSPS) is 10.6. The maximum atomic E-state index is 11.8. The SMILES string of the molecule is CCCOc1ccc(/C=N\NC(=O)Cc2ccccc2)cc1OC. The molecule has 0 heterocycles. The van der Waals surface area contributed by atoms with Gasteiger partial charge in [0.2, 0.25) is 5.91 Å². The predicted octanol–water partition coefficient (Wildman–Crippen LogP) is 3.18. The van der Waals surface area contributed by atoms with Crippen LogP contribution >= 0.6 is 0 Å². The monoisotopic (exact) mass is 326 g/mol. The van der Waals surface area contributed by atoms with Crippen LogP contribution in [0.25, 0.3) is 0 Å². The Balaban J connectivity index is 1.92. The van der Waals surface area contributed by atoms with Crippen LogP contribution in [0.1, 0.15) is 24.5 Å². The number of benzene rings is 2. The van der Waals surface area contributed by atoms with E-state index in [0.717, 1.165) is 17.5 Å². The lowest BCUT2D eigenvalue weighted by atomic mass is 10.1. The number of hydrogen-bond acceptors (Lipinski definition) is 4. The summed E-state index contributed by atoms with van der Waals surface area (Å²) in [5.74, 6) is 1.18. The van der Waals surface area contributed by atoms with Gasteiger partial charge in [-0.05, 0) is 35.7 Å². The highest BCUT2D eigenvalue weighted by Crippen LogP contribution is 2.27. The second-order valence-electron chi connectivity index (χ2n) is 5.21. The number of nitrogens with one attached hydrogen (secondary N) is 1. The van der Waals surface area contributed by atoms with Crippen molar-refractivity contribution in [2.75, 3.05) is 13.7 Å². The van der Waals surface area contributed by atoms with Gasteiger partial charge in [0.15, 0.2) is 11.5 Å². The number of hydrazone groups is 1. The molecule has 0 radical (unpaired) electrons. The zero-order valence-corrected chi connectivity index (χ0v) is 14.0. The Morgan fingerprint density at radius 3 is 2.67 bits per heavy atom. The van der Waals surface area contributed by atoms with E-state index >= 15 is 0 Å². The Morgan fingerprint density at radius 2 is 1.96 bits per heavy atom. The summed E-state index contributed by atoms with van der Waals surface area (Å²) in [7, 11) is 1.59. The smallest absolute Gasteiger partial charge is 0.244 e. The van der Waals surface area contributed by atoms with Gasteiger partial charge in [-0.1, -0.05) is 37.3 Å². The van der Waals surface area contributed by atoms with Gasteiger partial charge < -0.3 is 9.47 Å². The zero-order chi connectivity index (χ0) is 17.2. The third-order valence-corrected chi connectivity index (χ3v) is 3.26. The Morgan fingerprint density at radius 1 is 1.17 bits per heavy atom. The van der Waals surface area contributed by atoms with Crippen LogP contribution in [0.15, 0.2) is 53.6 Å². The molecular formula is C19H22N2O3. The Labute approximate surface area is 142 Å². The van der Waals surface area contributed by atoms with Gasteiger partial charge in [-0.25, -0.2) is 5.43 Å². The van der Waals surface area contributed by atoms with Crippen molar-refractivity contribution >= 4 is 12.1 Å². The molecule has 2 rings (SSSR count). The first kappa shape index (κ1) is 17.5. The van der Waals surface area contributed by atoms with Gasteiger partial charge in [0, 0.05) is 0 Å². The quantitative estimate of drug-likeness (QED) is 0.599. The van der Waals surface area contributed by atoms with E-state index in [4.69, 9.17) is 9.47 Å². The first-order valence-corrected chi connectivity index (χ1v) is 7.89. The maximum absolute atomic E-state index is 11.8. The van der Waals surface area contributed by atoms with E-state index < -0.39 is 0 Å². The minimum Gasteiger partial charge on any atom is -0.493 e. The van der Waals surface area contributed by atoms with Crippen molar-refractivity contribution in [2.24, 2.45) is 5.10 Å². The lowest BCUT2D eigenvalue weighted by Crippen LogP contribution is -2.19. The lowest BCUT2D eigenvalue weighted by Gasteiger charge is -2.10. The number of amides is 1. The van der Waals surface area contributed by atoms with Crippen LogP contribution in [-0.2, 0) is 11.2 Å². The van der Waals surface area contributed by atoms with E-state index in [1.165, 1.54) is 0 Å². The topological polar surface area (TPSA) is 59.9 Å². The van der Waals surface area contributed by atoms with E-state index in [0.29, 0.717) is 24.5 Å². The lowest BCUT2D eigenvalue weighted by molar-refractivity contribution is -0.120. The van der Waals surface area contributed by atoms with Gasteiger partial charge >= 0.3 is 0 Å². The summed E-state index contributed by atoms with van der Waals surface area (Å²) in [6, 6.07) is 15.0. The molecule has 126 valence electrons. The summed E-state index contributed by atoms with van der Waals surface area (Å²) in [5.41, 5.74) is 4.29. The van der Waals surface area contributed by atoms with Crippen molar-refractivity contribution in [3.05, 3.63) is 59.7 Å². The van der Waals surface area contributed by atoms with Crippen LogP contribution in [-0.4, -0.2) is 25.8 Å². The van der Waals surface area contributed by atoms with Gasteiger partial charge in [0.25, 0.3) is 0 Å². The predicted molar refractivity (Wildman–Crippen MR) is 94.7 cm³/mol. The summed E-state index contributed by atoms with van der Waals surface area (Å²) in [6.07, 6.45) is 2.81. The first-order chi connectivity index (χ1) is 11.7. The fraction of sp³-hybridized carbons (Fsp3) is 0.263. The Kier molecular flexibility index (Phi) is 6.83. The van der Waals surface area contributed by atoms with E-state index in [1.807, 2.05) is 55.5 Å². The molecule has 0 aliphatic heterocycles. The summed E-state index contributed by atoms with van der Waals surface area (Å²) < 4.78 is 10.9. The summed E-state index contributed by atoms with van der Waals surface area (Å²) in [4.78, 5) is 11.8. The molecule has 2 aromatic carbocycles. The van der Waals surface area contributed by atoms with Crippen LogP contribution in [0.5, 0.6) is 11.5 Å². The Bertz CT molecular complexity index is 684. The number of carbonyl (C=O) groups is 1. The number of carbonyl (C=O) groups excluding carboxylic acids is 1. The highest BCUT2D eigenvalue weighted by atomic mass is 16.5. The molecule has 1 amide bonds. The van der Waals surface area contributed by atoms with Crippen molar-refractivity contribution in [2.45, 2.75) is 19.8 Å². The van der Waals surface area contributed by atoms with Crippen LogP contribution in [0.3, 0.4) is 0 Å². The summed E-state index contributed by atoms with van der Waals surface area (Å²) >= 11 is 0. The molecule has 0 aliphatic carbocycles.